The number of rotatable bonds is 27. The molecule has 0 spiro atoms. The van der Waals surface area contributed by atoms with Crippen molar-refractivity contribution >= 4 is 109 Å². The van der Waals surface area contributed by atoms with E-state index < -0.39 is 120 Å². The Morgan fingerprint density at radius 1 is 1.02 bits per heavy atom. The fraction of sp³-hybridized carbons (Fsp3) is 0.583. The lowest BCUT2D eigenvalue weighted by molar-refractivity contribution is -0.158. The van der Waals surface area contributed by atoms with Crippen LogP contribution in [0.25, 0.3) is 0 Å². The number of ether oxygens (including phenoxy) is 5. The van der Waals surface area contributed by atoms with Crippen LogP contribution in [0.5, 0.6) is 5.75 Å². The van der Waals surface area contributed by atoms with Crippen LogP contribution in [0.2, 0.25) is 5.02 Å². The SMILES string of the molecule is COc1cc2cc(c1Cl)N(C)C(=O)C[C@H](OC(=O)[C@H](C)N(C)C(=O)c1ccc(NC(=O)[C@H](CCCNC(N)=O)NC(=O)[C@@H](NC(C=O)CCCCNC(C=O)(CBr)CBr)C(C)C)cc1)[C@]1(C)O[C@H]1[C@H](C)[C@@H]1C[C@@](O)(NC(=O)O1)[C@H](OC)/C=C/C=C(\C)C2. The van der Waals surface area contributed by atoms with Gasteiger partial charge in [-0.05, 0) is 107 Å². The van der Waals surface area contributed by atoms with Crippen LogP contribution < -0.4 is 47.3 Å². The van der Waals surface area contributed by atoms with Crippen molar-refractivity contribution in [1.29, 1.82) is 0 Å². The van der Waals surface area contributed by atoms with Gasteiger partial charge in [-0.25, -0.2) is 14.4 Å². The number of alkyl halides is 2. The fourth-order valence-electron chi connectivity index (χ4n) is 10.4. The highest BCUT2D eigenvalue weighted by atomic mass is 79.9. The monoisotopic (exact) mass is 1360 g/mol. The Bertz CT molecular complexity index is 2850. The van der Waals surface area contributed by atoms with Gasteiger partial charge in [0.25, 0.3) is 5.91 Å². The standard InChI is InChI=1S/C60H84Br2ClN9O15/c1-34(2)50(67-41(30-73)16-11-12-24-66-59(31-61,32-62)33-74)53(77)69-42(17-14-23-65-56(64)80)52(76)68-40-21-19-39(20-22-40)54(78)71(7)37(5)55(79)86-47-28-48(75)72(8)43-26-38(27-44(83-9)49(43)63)25-35(3)15-13-18-46(84-10)60(82)29-45(85-57(81)70-60)36(4)51-58(47,6)87-51/h13,15,18-22,26-27,30,33-34,36-37,41-42,45-47,50-51,66-67,82H,11-12,14,16-17,23-25,28-29,31-32H2,1-10H3,(H,68,76)(H,69,77)(H,70,81)(H3,64,65,80)/b18-13+,35-15+/t36-,37+,41?,42+,45+,46-,47+,50+,51+,58+,60+/m1/s1. The second kappa shape index (κ2) is 32.5. The number of epoxide rings is 1. The van der Waals surface area contributed by atoms with E-state index in [9.17, 15) is 48.3 Å². The topological polar surface area (TPSA) is 328 Å². The summed E-state index contributed by atoms with van der Waals surface area (Å²) in [6.45, 7) is 11.0. The van der Waals surface area contributed by atoms with Crippen molar-refractivity contribution in [2.75, 3.05) is 62.3 Å². The average Bonchev–Trinajstić information content (AvgIpc) is 1.60. The van der Waals surface area contributed by atoms with E-state index in [4.69, 9.17) is 41.0 Å². The Labute approximate surface area is 530 Å². The van der Waals surface area contributed by atoms with Crippen molar-refractivity contribution in [2.24, 2.45) is 17.6 Å². The molecule has 2 aromatic carbocycles. The number of urea groups is 1. The van der Waals surface area contributed by atoms with Gasteiger partial charge in [-0.15, -0.1) is 0 Å². The normalized spacial score (nSPS) is 24.7. The second-order valence-electron chi connectivity index (χ2n) is 23.0. The maximum Gasteiger partial charge on any atom is 0.409 e. The number of fused-ring (bicyclic) bond motifs is 5. The highest BCUT2D eigenvalue weighted by Gasteiger charge is 2.64. The Morgan fingerprint density at radius 2 is 1.71 bits per heavy atom. The number of methoxy groups -OCH3 is 2. The number of esters is 1. The largest absolute Gasteiger partial charge is 0.495 e. The number of alkyl carbamates (subject to hydrolysis) is 1. The van der Waals surface area contributed by atoms with Gasteiger partial charge in [0.15, 0.2) is 5.72 Å². The first-order chi connectivity index (χ1) is 41.1. The lowest BCUT2D eigenvalue weighted by atomic mass is 9.83. The van der Waals surface area contributed by atoms with E-state index in [2.05, 4.69) is 63.8 Å². The van der Waals surface area contributed by atoms with Gasteiger partial charge in [0.1, 0.15) is 59.3 Å². The molecule has 0 aliphatic carbocycles. The molecule has 0 radical (unpaired) electrons. The Balaban J connectivity index is 1.32. The van der Waals surface area contributed by atoms with Crippen molar-refractivity contribution in [3.8, 4) is 5.75 Å². The van der Waals surface area contributed by atoms with Crippen LogP contribution in [0, 0.1) is 11.8 Å². The molecule has 7 amide bonds. The lowest BCUT2D eigenvalue weighted by Gasteiger charge is -2.42. The summed E-state index contributed by atoms with van der Waals surface area (Å²) in [4.78, 5) is 122. The summed E-state index contributed by atoms with van der Waals surface area (Å²) in [5, 5.41) is 29.8. The summed E-state index contributed by atoms with van der Waals surface area (Å²) < 4.78 is 29.6. The minimum Gasteiger partial charge on any atom is -0.495 e. The second-order valence-corrected chi connectivity index (χ2v) is 24.5. The number of aldehydes is 2. The van der Waals surface area contributed by atoms with E-state index in [1.165, 1.54) is 64.4 Å². The van der Waals surface area contributed by atoms with Crippen molar-refractivity contribution in [1.82, 2.24) is 31.5 Å². The zero-order chi connectivity index (χ0) is 64.6. The molecule has 1 unspecified atom stereocenters. The number of benzene rings is 2. The van der Waals surface area contributed by atoms with Gasteiger partial charge < -0.3 is 75.2 Å². The zero-order valence-electron chi connectivity index (χ0n) is 50.9. The number of aliphatic hydroxyl groups is 1. The van der Waals surface area contributed by atoms with E-state index in [1.807, 2.05) is 13.0 Å². The summed E-state index contributed by atoms with van der Waals surface area (Å²) in [6.07, 6.45) is 3.61. The average molecular weight is 1370 g/mol. The third-order valence-corrected chi connectivity index (χ3v) is 18.5. The smallest absolute Gasteiger partial charge is 0.409 e. The van der Waals surface area contributed by atoms with Gasteiger partial charge >= 0.3 is 18.1 Å². The third kappa shape index (κ3) is 19.0. The van der Waals surface area contributed by atoms with E-state index in [0.717, 1.165) is 28.6 Å². The van der Waals surface area contributed by atoms with Crippen LogP contribution in [0.1, 0.15) is 102 Å². The molecule has 2 aromatic rings. The molecule has 3 aliphatic heterocycles. The molecule has 2 fully saturated rings. The number of halogens is 3. The number of hydrogen-bond acceptors (Lipinski definition) is 17. The number of anilines is 2. The van der Waals surface area contributed by atoms with Crippen LogP contribution >= 0.6 is 43.5 Å². The quantitative estimate of drug-likeness (QED) is 0.0183. The molecule has 5 rings (SSSR count). The summed E-state index contributed by atoms with van der Waals surface area (Å²) >= 11 is 13.6. The van der Waals surface area contributed by atoms with Crippen molar-refractivity contribution in [3.05, 3.63) is 76.3 Å². The molecule has 3 heterocycles. The minimum atomic E-state index is -1.91. The number of nitrogens with two attached hydrogens (primary N) is 1. The third-order valence-electron chi connectivity index (χ3n) is 16.1. The summed E-state index contributed by atoms with van der Waals surface area (Å²) in [5.74, 6) is -3.82. The van der Waals surface area contributed by atoms with Crippen LogP contribution in [-0.4, -0.2) is 182 Å². The Kier molecular flexibility index (Phi) is 26.8. The Hall–Kier alpha value is -6.00. The summed E-state index contributed by atoms with van der Waals surface area (Å²) in [7, 11) is 5.79. The Morgan fingerprint density at radius 3 is 2.32 bits per heavy atom. The van der Waals surface area contributed by atoms with Gasteiger partial charge in [0, 0.05) is 62.0 Å². The number of carbonyl (C=O) groups is 9. The summed E-state index contributed by atoms with van der Waals surface area (Å²) in [6, 6.07) is 4.60. The molecule has 87 heavy (non-hydrogen) atoms. The van der Waals surface area contributed by atoms with E-state index in [0.29, 0.717) is 54.3 Å². The molecular weight excluding hydrogens is 1280 g/mol. The number of likely N-dealkylation sites (N-methyl/N-ethyl adjacent to an activating group) is 1. The molecule has 24 nitrogen and oxygen atoms in total. The van der Waals surface area contributed by atoms with Crippen molar-refractivity contribution < 1.29 is 71.9 Å². The fourth-order valence-corrected chi connectivity index (χ4v) is 12.3. The van der Waals surface area contributed by atoms with Crippen molar-refractivity contribution in [2.45, 2.75) is 158 Å². The summed E-state index contributed by atoms with van der Waals surface area (Å²) in [5.41, 5.74) is 3.54. The molecular formula is C60H84Br2ClN9O15. The van der Waals surface area contributed by atoms with Crippen LogP contribution in [0.3, 0.4) is 0 Å². The van der Waals surface area contributed by atoms with E-state index >= 15 is 0 Å². The van der Waals surface area contributed by atoms with E-state index in [-0.39, 0.29) is 48.0 Å². The highest BCUT2D eigenvalue weighted by molar-refractivity contribution is 9.10. The van der Waals surface area contributed by atoms with Gasteiger partial charge in [0.05, 0.1) is 42.9 Å². The minimum absolute atomic E-state index is 0.0738. The number of nitrogens with one attached hydrogen (secondary N) is 6. The van der Waals surface area contributed by atoms with Crippen LogP contribution in [0.15, 0.2) is 60.2 Å². The molecule has 2 saturated heterocycles. The van der Waals surface area contributed by atoms with Gasteiger partial charge in [-0.3, -0.25) is 29.8 Å². The van der Waals surface area contributed by atoms with E-state index in [1.54, 1.807) is 52.0 Å². The predicted octanol–water partition coefficient (Wildman–Crippen LogP) is 5.37. The number of carbonyl (C=O) groups excluding carboxylic acids is 9. The first kappa shape index (κ1) is 71.8. The molecule has 27 heteroatoms. The molecule has 480 valence electrons. The highest BCUT2D eigenvalue weighted by Crippen LogP contribution is 2.49. The lowest BCUT2D eigenvalue weighted by Crippen LogP contribution is -2.63. The number of nitrogens with zero attached hydrogens (tertiary/aromatic N) is 2. The molecule has 0 saturated carbocycles. The maximum atomic E-state index is 14.5. The molecule has 4 bridgehead atoms. The molecule has 0 aromatic heterocycles. The molecule has 9 N–H and O–H groups in total. The maximum absolute atomic E-state index is 14.5. The van der Waals surface area contributed by atoms with Gasteiger partial charge in [0.2, 0.25) is 17.7 Å². The first-order valence-corrected chi connectivity index (χ1v) is 31.4. The van der Waals surface area contributed by atoms with Gasteiger partial charge in [-0.1, -0.05) is 94.5 Å². The van der Waals surface area contributed by atoms with Crippen LogP contribution in [-0.2, 0) is 54.1 Å². The first-order valence-electron chi connectivity index (χ1n) is 28.8. The predicted molar refractivity (Wildman–Crippen MR) is 334 cm³/mol. The number of amides is 7. The zero-order valence-corrected chi connectivity index (χ0v) is 54.8. The number of hydrogen-bond donors (Lipinski definition) is 8. The number of unbranched alkanes of at least 4 members (excludes halogenated alkanes) is 1. The molecule has 11 atom stereocenters. The number of allylic oxidation sites excluding steroid dienone is 3. The van der Waals surface area contributed by atoms with Gasteiger partial charge in [-0.2, -0.15) is 0 Å². The van der Waals surface area contributed by atoms with Crippen LogP contribution in [0.4, 0.5) is 21.0 Å². The van der Waals surface area contributed by atoms with Crippen molar-refractivity contribution in [3.63, 3.8) is 0 Å². The molecule has 3 aliphatic rings. The number of primary amides is 1.